The first kappa shape index (κ1) is 30.4. The first-order chi connectivity index (χ1) is 20.2. The molecule has 7 rings (SSSR count). The zero-order valence-corrected chi connectivity index (χ0v) is 27.8. The summed E-state index contributed by atoms with van der Waals surface area (Å²) in [5.41, 5.74) is 1.75. The number of rotatable bonds is 6. The summed E-state index contributed by atoms with van der Waals surface area (Å²) in [6, 6.07) is 0.202. The van der Waals surface area contributed by atoms with Crippen LogP contribution in [0.2, 0.25) is 15.2 Å². The summed E-state index contributed by atoms with van der Waals surface area (Å²) in [6.45, 7) is 7.73. The minimum absolute atomic E-state index is 0.00124. The summed E-state index contributed by atoms with van der Waals surface area (Å²) in [5.74, 6) is 1.61. The molecular formula is C29H37Cl3N8O3. The van der Waals surface area contributed by atoms with Crippen molar-refractivity contribution in [3.63, 3.8) is 0 Å². The molecule has 14 heteroatoms. The Morgan fingerprint density at radius 1 is 0.953 bits per heavy atom. The number of hydrogen-bond acceptors (Lipinski definition) is 8. The van der Waals surface area contributed by atoms with Gasteiger partial charge in [-0.3, -0.25) is 4.79 Å². The van der Waals surface area contributed by atoms with E-state index in [0.717, 1.165) is 30.9 Å². The molecule has 0 radical (unpaired) electrons. The number of fused-ring (bicyclic) bond motifs is 4. The van der Waals surface area contributed by atoms with Crippen LogP contribution < -0.4 is 4.90 Å². The fourth-order valence-electron chi connectivity index (χ4n) is 6.40. The molecule has 3 saturated heterocycles. The molecule has 3 aliphatic heterocycles. The summed E-state index contributed by atoms with van der Waals surface area (Å²) < 4.78 is 7.93. The number of pyridine rings is 2. The normalized spacial score (nSPS) is 22.0. The minimum Gasteiger partial charge on any atom is -0.444 e. The lowest BCUT2D eigenvalue weighted by Gasteiger charge is -2.43. The van der Waals surface area contributed by atoms with Gasteiger partial charge in [0.15, 0.2) is 5.82 Å². The SMILES string of the molecule is CN(C)C(=O)CCc1nc2c(N3CC(N(C)C)C3)nc3c(Cl)c(Cl)c(Cl)nc3c2n1C1C2CC1N(C(=O)OC(C)(C)C)C2. The van der Waals surface area contributed by atoms with Crippen molar-refractivity contribution in [1.29, 1.82) is 0 Å². The molecule has 3 aromatic rings. The topological polar surface area (TPSA) is 99.9 Å². The van der Waals surface area contributed by atoms with Gasteiger partial charge in [0, 0.05) is 58.5 Å². The van der Waals surface area contributed by atoms with Gasteiger partial charge in [0.25, 0.3) is 0 Å². The maximum atomic E-state index is 13.2. The molecule has 43 heavy (non-hydrogen) atoms. The van der Waals surface area contributed by atoms with E-state index in [1.54, 1.807) is 19.0 Å². The average molecular weight is 652 g/mol. The molecule has 3 unspecified atom stereocenters. The lowest BCUT2D eigenvalue weighted by atomic mass is 9.79. The second kappa shape index (κ2) is 10.8. The van der Waals surface area contributed by atoms with E-state index in [-0.39, 0.29) is 51.6 Å². The van der Waals surface area contributed by atoms with Crippen LogP contribution in [-0.4, -0.2) is 112 Å². The van der Waals surface area contributed by atoms with Crippen molar-refractivity contribution < 1.29 is 14.3 Å². The standard InChI is InChI=1S/C29H37Cl3N8O3/c1-29(2,3)43-28(42)39-11-14-10-16(39)24(14)40-17(8-9-18(41)37(6)7)33-23-25(40)22-21(19(30)20(31)26(32)34-22)35-27(23)38-12-15(13-38)36(4)5/h14-16,24H,8-13H2,1-7H3. The molecule has 0 aromatic carbocycles. The first-order valence-corrected chi connectivity index (χ1v) is 15.7. The number of carbonyl (C=O) groups excluding carboxylic acids is 2. The molecule has 2 bridgehead atoms. The molecule has 3 atom stereocenters. The van der Waals surface area contributed by atoms with Gasteiger partial charge in [-0.1, -0.05) is 34.8 Å². The van der Waals surface area contributed by atoms with Crippen molar-refractivity contribution >= 4 is 74.7 Å². The Kier molecular flexibility index (Phi) is 7.63. The van der Waals surface area contributed by atoms with Gasteiger partial charge in [-0.2, -0.15) is 0 Å². The highest BCUT2D eigenvalue weighted by Crippen LogP contribution is 2.52. The van der Waals surface area contributed by atoms with Gasteiger partial charge in [0.05, 0.1) is 22.1 Å². The van der Waals surface area contributed by atoms with Crippen LogP contribution in [0.25, 0.3) is 22.1 Å². The Morgan fingerprint density at radius 3 is 2.28 bits per heavy atom. The van der Waals surface area contributed by atoms with E-state index >= 15 is 0 Å². The molecule has 0 N–H and O–H groups in total. The summed E-state index contributed by atoms with van der Waals surface area (Å²) in [5, 5.41) is 0.454. The number of anilines is 1. The van der Waals surface area contributed by atoms with Crippen LogP contribution >= 0.6 is 34.8 Å². The smallest absolute Gasteiger partial charge is 0.410 e. The zero-order valence-electron chi connectivity index (χ0n) is 25.5. The Morgan fingerprint density at radius 2 is 1.65 bits per heavy atom. The van der Waals surface area contributed by atoms with E-state index in [0.29, 0.717) is 41.4 Å². The number of aryl methyl sites for hydroxylation is 1. The lowest BCUT2D eigenvalue weighted by Crippen LogP contribution is -2.57. The van der Waals surface area contributed by atoms with E-state index in [4.69, 9.17) is 49.5 Å². The molecule has 232 valence electrons. The van der Waals surface area contributed by atoms with Gasteiger partial charge in [0.1, 0.15) is 38.6 Å². The van der Waals surface area contributed by atoms with E-state index in [1.807, 2.05) is 25.7 Å². The highest BCUT2D eigenvalue weighted by molar-refractivity contribution is 6.50. The van der Waals surface area contributed by atoms with E-state index in [1.165, 1.54) is 0 Å². The van der Waals surface area contributed by atoms with Crippen molar-refractivity contribution in [2.75, 3.05) is 52.7 Å². The van der Waals surface area contributed by atoms with Crippen molar-refractivity contribution in [2.45, 2.75) is 63.8 Å². The number of ether oxygens (including phenoxy) is 1. The molecule has 3 aromatic heterocycles. The van der Waals surface area contributed by atoms with Crippen LogP contribution in [0, 0.1) is 5.92 Å². The van der Waals surface area contributed by atoms with Crippen LogP contribution in [-0.2, 0) is 16.0 Å². The number of amides is 2. The van der Waals surface area contributed by atoms with Gasteiger partial charge in [0.2, 0.25) is 5.91 Å². The molecule has 1 aliphatic carbocycles. The molecular weight excluding hydrogens is 615 g/mol. The average Bonchev–Trinajstić information content (AvgIpc) is 3.57. The molecule has 4 fully saturated rings. The van der Waals surface area contributed by atoms with Gasteiger partial charge in [-0.05, 0) is 41.3 Å². The monoisotopic (exact) mass is 650 g/mol. The van der Waals surface area contributed by atoms with Crippen molar-refractivity contribution in [3.8, 4) is 0 Å². The summed E-state index contributed by atoms with van der Waals surface area (Å²) in [7, 11) is 7.61. The minimum atomic E-state index is -0.603. The Labute approximate surface area is 266 Å². The number of nitrogens with zero attached hydrogens (tertiary/aromatic N) is 8. The van der Waals surface area contributed by atoms with Crippen molar-refractivity contribution in [3.05, 3.63) is 21.0 Å². The molecule has 1 saturated carbocycles. The summed E-state index contributed by atoms with van der Waals surface area (Å²) in [4.78, 5) is 48.5. The predicted octanol–water partition coefficient (Wildman–Crippen LogP) is 4.89. The van der Waals surface area contributed by atoms with Crippen molar-refractivity contribution in [2.24, 2.45) is 5.92 Å². The Hall–Kier alpha value is -2.60. The number of likely N-dealkylation sites (N-methyl/N-ethyl adjacent to an activating group) is 1. The maximum absolute atomic E-state index is 13.2. The quantitative estimate of drug-likeness (QED) is 0.348. The van der Waals surface area contributed by atoms with Crippen LogP contribution in [0.3, 0.4) is 0 Å². The van der Waals surface area contributed by atoms with E-state index in [9.17, 15) is 9.59 Å². The van der Waals surface area contributed by atoms with Crippen LogP contribution in [0.5, 0.6) is 0 Å². The van der Waals surface area contributed by atoms with Crippen LogP contribution in [0.15, 0.2) is 0 Å². The van der Waals surface area contributed by atoms with Crippen LogP contribution in [0.4, 0.5) is 10.6 Å². The van der Waals surface area contributed by atoms with E-state index in [2.05, 4.69) is 33.4 Å². The van der Waals surface area contributed by atoms with Gasteiger partial charge < -0.3 is 28.9 Å². The third-order valence-corrected chi connectivity index (χ3v) is 9.99. The van der Waals surface area contributed by atoms with Crippen LogP contribution in [0.1, 0.15) is 45.5 Å². The molecule has 4 aliphatic rings. The predicted molar refractivity (Wildman–Crippen MR) is 168 cm³/mol. The number of imidazole rings is 1. The highest BCUT2D eigenvalue weighted by Gasteiger charge is 2.56. The third kappa shape index (κ3) is 5.15. The second-order valence-corrected chi connectivity index (χ2v) is 14.4. The Balaban J connectivity index is 1.54. The van der Waals surface area contributed by atoms with Crippen molar-refractivity contribution in [1.82, 2.24) is 34.2 Å². The summed E-state index contributed by atoms with van der Waals surface area (Å²) in [6.07, 6.45) is 1.22. The number of aromatic nitrogens is 4. The first-order valence-electron chi connectivity index (χ1n) is 14.5. The maximum Gasteiger partial charge on any atom is 0.410 e. The molecule has 0 spiro atoms. The van der Waals surface area contributed by atoms with Gasteiger partial charge >= 0.3 is 6.09 Å². The lowest BCUT2D eigenvalue weighted by molar-refractivity contribution is -0.128. The molecule has 2 amide bonds. The molecule has 6 heterocycles. The fourth-order valence-corrected chi connectivity index (χ4v) is 6.98. The summed E-state index contributed by atoms with van der Waals surface area (Å²) >= 11 is 19.7. The Bertz CT molecular complexity index is 1630. The van der Waals surface area contributed by atoms with Gasteiger partial charge in [-0.25, -0.2) is 19.7 Å². The number of carbonyl (C=O) groups is 2. The third-order valence-electron chi connectivity index (χ3n) is 8.79. The fraction of sp³-hybridized carbons (Fsp3) is 0.621. The molecule has 11 nitrogen and oxygen atoms in total. The second-order valence-electron chi connectivity index (χ2n) is 13.3. The van der Waals surface area contributed by atoms with E-state index < -0.39 is 5.60 Å². The number of halogens is 3. The zero-order chi connectivity index (χ0) is 31.1. The highest BCUT2D eigenvalue weighted by atomic mass is 35.5. The number of hydrogen-bond donors (Lipinski definition) is 0. The largest absolute Gasteiger partial charge is 0.444 e. The van der Waals surface area contributed by atoms with Gasteiger partial charge in [-0.15, -0.1) is 0 Å².